The number of rotatable bonds is 3. The van der Waals surface area contributed by atoms with Crippen molar-refractivity contribution < 1.29 is 9.18 Å². The predicted octanol–water partition coefficient (Wildman–Crippen LogP) is 1.77. The first-order valence-electron chi connectivity index (χ1n) is 8.72. The fraction of sp³-hybridized carbons (Fsp3) is 0.278. The molecule has 1 saturated heterocycles. The first-order chi connectivity index (χ1) is 13.2. The van der Waals surface area contributed by atoms with Gasteiger partial charge in [0.05, 0.1) is 31.2 Å². The SMILES string of the molecule is O=C1c2nn(-c3ccc(N4CC[C@@H](F)C4)nc3)nc2CN1c1cccnc1. The lowest BCUT2D eigenvalue weighted by atomic mass is 10.3. The lowest BCUT2D eigenvalue weighted by molar-refractivity contribution is 0.0991. The Labute approximate surface area is 154 Å². The van der Waals surface area contributed by atoms with Crippen molar-refractivity contribution in [1.82, 2.24) is 25.0 Å². The van der Waals surface area contributed by atoms with E-state index in [0.29, 0.717) is 43.1 Å². The topological polar surface area (TPSA) is 80.0 Å². The smallest absolute Gasteiger partial charge is 0.281 e. The Morgan fingerprint density at radius 1 is 1.11 bits per heavy atom. The maximum atomic E-state index is 13.4. The van der Waals surface area contributed by atoms with Crippen LogP contribution in [0.1, 0.15) is 22.6 Å². The minimum absolute atomic E-state index is 0.195. The van der Waals surface area contributed by atoms with E-state index >= 15 is 0 Å². The van der Waals surface area contributed by atoms with E-state index in [-0.39, 0.29) is 5.91 Å². The summed E-state index contributed by atoms with van der Waals surface area (Å²) in [6.45, 7) is 1.40. The van der Waals surface area contributed by atoms with Crippen molar-refractivity contribution in [3.8, 4) is 5.69 Å². The lowest BCUT2D eigenvalue weighted by Gasteiger charge is -2.16. The summed E-state index contributed by atoms with van der Waals surface area (Å²) in [7, 11) is 0. The molecule has 9 heteroatoms. The molecule has 2 aliphatic rings. The summed E-state index contributed by atoms with van der Waals surface area (Å²) < 4.78 is 13.4. The molecule has 1 fully saturated rings. The monoisotopic (exact) mass is 365 g/mol. The second-order valence-corrected chi connectivity index (χ2v) is 6.59. The highest BCUT2D eigenvalue weighted by Gasteiger charge is 2.34. The molecule has 27 heavy (non-hydrogen) atoms. The molecule has 0 aliphatic carbocycles. The van der Waals surface area contributed by atoms with Crippen molar-refractivity contribution in [1.29, 1.82) is 0 Å². The summed E-state index contributed by atoms with van der Waals surface area (Å²) in [6, 6.07) is 7.26. The Morgan fingerprint density at radius 2 is 2.04 bits per heavy atom. The number of aromatic nitrogens is 5. The molecule has 136 valence electrons. The molecule has 8 nitrogen and oxygen atoms in total. The van der Waals surface area contributed by atoms with Crippen LogP contribution in [0, 0.1) is 0 Å². The highest BCUT2D eigenvalue weighted by atomic mass is 19.1. The number of fused-ring (bicyclic) bond motifs is 1. The second kappa shape index (κ2) is 6.11. The van der Waals surface area contributed by atoms with Crippen LogP contribution < -0.4 is 9.80 Å². The van der Waals surface area contributed by atoms with Gasteiger partial charge in [-0.05, 0) is 30.7 Å². The number of carbonyl (C=O) groups is 1. The van der Waals surface area contributed by atoms with Gasteiger partial charge in [-0.25, -0.2) is 9.37 Å². The number of hydrogen-bond donors (Lipinski definition) is 0. The van der Waals surface area contributed by atoms with Gasteiger partial charge in [-0.15, -0.1) is 9.90 Å². The Morgan fingerprint density at radius 3 is 2.70 bits per heavy atom. The van der Waals surface area contributed by atoms with Gasteiger partial charge in [0.2, 0.25) is 0 Å². The second-order valence-electron chi connectivity index (χ2n) is 6.59. The molecule has 5 rings (SSSR count). The number of carbonyl (C=O) groups excluding carboxylic acids is 1. The van der Waals surface area contributed by atoms with Crippen LogP contribution in [0.4, 0.5) is 15.9 Å². The molecule has 3 aromatic heterocycles. The maximum Gasteiger partial charge on any atom is 0.281 e. The van der Waals surface area contributed by atoms with E-state index in [1.165, 1.54) is 4.80 Å². The van der Waals surface area contributed by atoms with Crippen LogP contribution in [0.15, 0.2) is 42.9 Å². The van der Waals surface area contributed by atoms with Crippen molar-refractivity contribution in [3.63, 3.8) is 0 Å². The van der Waals surface area contributed by atoms with Crippen molar-refractivity contribution in [2.45, 2.75) is 19.1 Å². The van der Waals surface area contributed by atoms with E-state index in [2.05, 4.69) is 20.2 Å². The minimum atomic E-state index is -0.795. The molecule has 0 saturated carbocycles. The van der Waals surface area contributed by atoms with Crippen LogP contribution in [-0.4, -0.2) is 50.1 Å². The van der Waals surface area contributed by atoms with E-state index in [1.54, 1.807) is 29.6 Å². The molecule has 0 radical (unpaired) electrons. The van der Waals surface area contributed by atoms with Gasteiger partial charge >= 0.3 is 0 Å². The summed E-state index contributed by atoms with van der Waals surface area (Å²) in [5, 5.41) is 8.77. The highest BCUT2D eigenvalue weighted by Crippen LogP contribution is 2.26. The maximum absolute atomic E-state index is 13.4. The number of nitrogens with zero attached hydrogens (tertiary/aromatic N) is 7. The Bertz CT molecular complexity index is 989. The van der Waals surface area contributed by atoms with Crippen molar-refractivity contribution >= 4 is 17.4 Å². The van der Waals surface area contributed by atoms with E-state index in [1.807, 2.05) is 23.1 Å². The minimum Gasteiger partial charge on any atom is -0.354 e. The Hall–Kier alpha value is -3.36. The zero-order valence-corrected chi connectivity index (χ0v) is 14.4. The molecule has 1 amide bonds. The van der Waals surface area contributed by atoms with E-state index in [9.17, 15) is 9.18 Å². The fourth-order valence-electron chi connectivity index (χ4n) is 3.41. The molecule has 0 aromatic carbocycles. The standard InChI is InChI=1S/C18H16FN7O/c19-12-5-7-24(10-12)16-4-3-14(9-21-16)26-22-15-11-25(18(27)17(15)23-26)13-2-1-6-20-8-13/h1-4,6,8-9,12H,5,7,10-11H2/t12-/m1/s1. The number of halogens is 1. The number of alkyl halides is 1. The Kier molecular flexibility index (Phi) is 3.59. The molecule has 0 N–H and O–H groups in total. The molecule has 3 aromatic rings. The molecular formula is C18H16FN7O. The quantitative estimate of drug-likeness (QED) is 0.704. The fourth-order valence-corrected chi connectivity index (χ4v) is 3.41. The van der Waals surface area contributed by atoms with Crippen LogP contribution >= 0.6 is 0 Å². The van der Waals surface area contributed by atoms with Crippen LogP contribution in [0.25, 0.3) is 5.69 Å². The van der Waals surface area contributed by atoms with Crippen LogP contribution in [0.2, 0.25) is 0 Å². The van der Waals surface area contributed by atoms with E-state index < -0.39 is 6.17 Å². The number of hydrogen-bond acceptors (Lipinski definition) is 6. The van der Waals surface area contributed by atoms with Gasteiger partial charge in [-0.3, -0.25) is 14.7 Å². The first kappa shape index (κ1) is 15.9. The van der Waals surface area contributed by atoms with Crippen LogP contribution in [0.5, 0.6) is 0 Å². The van der Waals surface area contributed by atoms with E-state index in [4.69, 9.17) is 0 Å². The molecule has 1 atom stereocenters. The predicted molar refractivity (Wildman–Crippen MR) is 95.6 cm³/mol. The van der Waals surface area contributed by atoms with Gasteiger partial charge in [-0.2, -0.15) is 5.10 Å². The third kappa shape index (κ3) is 2.71. The van der Waals surface area contributed by atoms with Crippen molar-refractivity contribution in [2.75, 3.05) is 22.9 Å². The number of anilines is 2. The first-order valence-corrected chi connectivity index (χ1v) is 8.72. The van der Waals surface area contributed by atoms with Gasteiger partial charge in [0.1, 0.15) is 23.4 Å². The van der Waals surface area contributed by atoms with Crippen LogP contribution in [-0.2, 0) is 6.54 Å². The Balaban J connectivity index is 1.37. The number of amides is 1. The normalized spacial score (nSPS) is 19.0. The summed E-state index contributed by atoms with van der Waals surface area (Å²) >= 11 is 0. The van der Waals surface area contributed by atoms with Gasteiger partial charge in [0, 0.05) is 12.7 Å². The van der Waals surface area contributed by atoms with Crippen molar-refractivity contribution in [3.05, 3.63) is 54.2 Å². The van der Waals surface area contributed by atoms with Gasteiger partial charge < -0.3 is 4.90 Å². The zero-order valence-electron chi connectivity index (χ0n) is 14.4. The van der Waals surface area contributed by atoms with Gasteiger partial charge in [0.25, 0.3) is 5.91 Å². The largest absolute Gasteiger partial charge is 0.354 e. The highest BCUT2D eigenvalue weighted by molar-refractivity contribution is 6.08. The molecule has 0 spiro atoms. The summed E-state index contributed by atoms with van der Waals surface area (Å²) in [4.78, 5) is 26.0. The zero-order chi connectivity index (χ0) is 18.4. The molecule has 0 bridgehead atoms. The molecule has 5 heterocycles. The summed E-state index contributed by atoms with van der Waals surface area (Å²) in [6.07, 6.45) is 4.68. The summed E-state index contributed by atoms with van der Waals surface area (Å²) in [5.74, 6) is 0.539. The van der Waals surface area contributed by atoms with Crippen molar-refractivity contribution in [2.24, 2.45) is 0 Å². The number of pyridine rings is 2. The third-order valence-electron chi connectivity index (χ3n) is 4.81. The van der Waals surface area contributed by atoms with Gasteiger partial charge in [-0.1, -0.05) is 0 Å². The lowest BCUT2D eigenvalue weighted by Crippen LogP contribution is -2.24. The average molecular weight is 365 g/mol. The van der Waals surface area contributed by atoms with E-state index in [0.717, 1.165) is 11.5 Å². The summed E-state index contributed by atoms with van der Waals surface area (Å²) in [5.41, 5.74) is 2.33. The molecular weight excluding hydrogens is 349 g/mol. The molecule has 2 aliphatic heterocycles. The van der Waals surface area contributed by atoms with Crippen LogP contribution in [0.3, 0.4) is 0 Å². The van der Waals surface area contributed by atoms with Gasteiger partial charge in [0.15, 0.2) is 5.69 Å². The average Bonchev–Trinajstić information content (AvgIpc) is 3.39. The third-order valence-corrected chi connectivity index (χ3v) is 4.81. The molecule has 0 unspecified atom stereocenters.